The summed E-state index contributed by atoms with van der Waals surface area (Å²) in [6.07, 6.45) is 0. The van der Waals surface area contributed by atoms with E-state index in [1.165, 1.54) is 0 Å². The zero-order valence-corrected chi connectivity index (χ0v) is 14.3. The molecule has 0 saturated heterocycles. The molecule has 0 spiro atoms. The second kappa shape index (κ2) is 6.46. The third kappa shape index (κ3) is 4.19. The molecule has 110 valence electrons. The van der Waals surface area contributed by atoms with E-state index in [2.05, 4.69) is 0 Å². The average molecular weight is 319 g/mol. The number of carbonyl (C=O) groups excluding carboxylic acids is 1. The van der Waals surface area contributed by atoms with Crippen LogP contribution in [0, 0.1) is 0 Å². The summed E-state index contributed by atoms with van der Waals surface area (Å²) in [5.74, 6) is 0.607. The van der Waals surface area contributed by atoms with Gasteiger partial charge < -0.3 is 4.74 Å². The van der Waals surface area contributed by atoms with Crippen LogP contribution in [0.15, 0.2) is 48.5 Å². The highest BCUT2D eigenvalue weighted by Crippen LogP contribution is 2.27. The highest BCUT2D eigenvalue weighted by atomic mass is 35.5. The van der Waals surface area contributed by atoms with E-state index < -0.39 is 8.07 Å². The Bertz CT molecular complexity index is 633. The Labute approximate surface area is 131 Å². The Balaban J connectivity index is 2.25. The summed E-state index contributed by atoms with van der Waals surface area (Å²) in [5.41, 5.74) is 1.66. The summed E-state index contributed by atoms with van der Waals surface area (Å²) >= 11 is 6.04. The van der Waals surface area contributed by atoms with Crippen LogP contribution in [0.3, 0.4) is 0 Å². The van der Waals surface area contributed by atoms with Gasteiger partial charge in [-0.05, 0) is 23.8 Å². The predicted molar refractivity (Wildman–Crippen MR) is 89.9 cm³/mol. The van der Waals surface area contributed by atoms with E-state index >= 15 is 0 Å². The summed E-state index contributed by atoms with van der Waals surface area (Å²) in [6, 6.07) is 15.1. The van der Waals surface area contributed by atoms with Crippen molar-refractivity contribution in [3.63, 3.8) is 0 Å². The van der Waals surface area contributed by atoms with E-state index in [0.717, 1.165) is 5.56 Å². The fraction of sp³-hybridized carbons (Fsp3) is 0.235. The highest BCUT2D eigenvalue weighted by Gasteiger charge is 2.28. The number of hydrogen-bond donors (Lipinski definition) is 0. The molecule has 0 bridgehead atoms. The van der Waals surface area contributed by atoms with Gasteiger partial charge in [0.15, 0.2) is 0 Å². The van der Waals surface area contributed by atoms with E-state index in [9.17, 15) is 4.79 Å². The summed E-state index contributed by atoms with van der Waals surface area (Å²) in [5, 5.41) is 0.719. The molecule has 0 aliphatic carbocycles. The lowest BCUT2D eigenvalue weighted by Crippen LogP contribution is -2.33. The van der Waals surface area contributed by atoms with Crippen molar-refractivity contribution in [2.75, 3.05) is 0 Å². The summed E-state index contributed by atoms with van der Waals surface area (Å²) in [7, 11) is -1.94. The predicted octanol–water partition coefficient (Wildman–Crippen LogP) is 4.98. The third-order valence-electron chi connectivity index (χ3n) is 3.10. The van der Waals surface area contributed by atoms with Crippen molar-refractivity contribution >= 4 is 25.1 Å². The van der Waals surface area contributed by atoms with Crippen LogP contribution in [-0.2, 0) is 6.61 Å². The molecule has 0 aliphatic heterocycles. The SMILES string of the molecule is C[Si](C)(C)C(=O)c1cc(Cl)ccc1OCc1ccccc1. The van der Waals surface area contributed by atoms with E-state index in [4.69, 9.17) is 16.3 Å². The number of carbonyl (C=O) groups is 1. The Morgan fingerprint density at radius 1 is 1.10 bits per heavy atom. The fourth-order valence-electron chi connectivity index (χ4n) is 1.94. The minimum atomic E-state index is -1.94. The van der Waals surface area contributed by atoms with Gasteiger partial charge in [0.05, 0.1) is 5.56 Å². The molecule has 0 saturated carbocycles. The molecule has 2 aromatic carbocycles. The molecule has 0 unspecified atom stereocenters. The Morgan fingerprint density at radius 2 is 1.76 bits per heavy atom. The molecule has 0 amide bonds. The van der Waals surface area contributed by atoms with Gasteiger partial charge in [0.1, 0.15) is 25.8 Å². The topological polar surface area (TPSA) is 26.3 Å². The normalized spacial score (nSPS) is 11.2. The van der Waals surface area contributed by atoms with Gasteiger partial charge in [0.25, 0.3) is 0 Å². The van der Waals surface area contributed by atoms with Gasteiger partial charge in [0, 0.05) is 5.02 Å². The van der Waals surface area contributed by atoms with Crippen LogP contribution in [0.1, 0.15) is 15.9 Å². The molecule has 0 heterocycles. The first-order valence-corrected chi connectivity index (χ1v) is 10.8. The molecule has 21 heavy (non-hydrogen) atoms. The Kier molecular flexibility index (Phi) is 4.86. The molecule has 2 aromatic rings. The fourth-order valence-corrected chi connectivity index (χ4v) is 3.12. The van der Waals surface area contributed by atoms with Crippen molar-refractivity contribution in [3.05, 3.63) is 64.7 Å². The van der Waals surface area contributed by atoms with Gasteiger partial charge in [-0.15, -0.1) is 0 Å². The molecule has 2 rings (SSSR count). The van der Waals surface area contributed by atoms with Gasteiger partial charge in [-0.1, -0.05) is 61.6 Å². The lowest BCUT2D eigenvalue weighted by molar-refractivity contribution is 0.106. The molecule has 0 N–H and O–H groups in total. The van der Waals surface area contributed by atoms with Gasteiger partial charge >= 0.3 is 0 Å². The average Bonchev–Trinajstić information content (AvgIpc) is 2.45. The Hall–Kier alpha value is -1.58. The number of rotatable bonds is 5. The molecular weight excluding hydrogens is 300 g/mol. The number of hydrogen-bond acceptors (Lipinski definition) is 2. The maximum Gasteiger partial charge on any atom is 0.143 e. The zero-order valence-electron chi connectivity index (χ0n) is 12.5. The van der Waals surface area contributed by atoms with Crippen molar-refractivity contribution < 1.29 is 9.53 Å². The van der Waals surface area contributed by atoms with Crippen LogP contribution in [0.4, 0.5) is 0 Å². The molecule has 0 atom stereocenters. The van der Waals surface area contributed by atoms with Crippen LogP contribution < -0.4 is 4.74 Å². The molecule has 2 nitrogen and oxygen atoms in total. The van der Waals surface area contributed by atoms with Gasteiger partial charge in [0.2, 0.25) is 0 Å². The largest absolute Gasteiger partial charge is 0.488 e. The minimum absolute atomic E-state index is 0.160. The van der Waals surface area contributed by atoms with E-state index in [-0.39, 0.29) is 5.41 Å². The van der Waals surface area contributed by atoms with Crippen LogP contribution in [0.25, 0.3) is 0 Å². The van der Waals surface area contributed by atoms with E-state index in [1.807, 2.05) is 50.0 Å². The van der Waals surface area contributed by atoms with Crippen molar-refractivity contribution in [1.82, 2.24) is 0 Å². The smallest absolute Gasteiger partial charge is 0.143 e. The van der Waals surface area contributed by atoms with Gasteiger partial charge in [-0.25, -0.2) is 0 Å². The summed E-state index contributed by atoms with van der Waals surface area (Å²) in [6.45, 7) is 6.51. The number of halogens is 1. The zero-order chi connectivity index (χ0) is 15.5. The first-order chi connectivity index (χ1) is 9.88. The van der Waals surface area contributed by atoms with Crippen molar-refractivity contribution in [3.8, 4) is 5.75 Å². The molecule has 0 aromatic heterocycles. The lowest BCUT2D eigenvalue weighted by Gasteiger charge is -2.18. The maximum absolute atomic E-state index is 12.6. The van der Waals surface area contributed by atoms with Crippen molar-refractivity contribution in [2.45, 2.75) is 26.2 Å². The second-order valence-electron chi connectivity index (χ2n) is 5.99. The first kappa shape index (κ1) is 15.8. The van der Waals surface area contributed by atoms with Crippen LogP contribution in [0.5, 0.6) is 5.75 Å². The maximum atomic E-state index is 12.6. The van der Waals surface area contributed by atoms with Gasteiger partial charge in [-0.2, -0.15) is 0 Å². The van der Waals surface area contributed by atoms with Crippen molar-refractivity contribution in [2.24, 2.45) is 0 Å². The first-order valence-electron chi connectivity index (χ1n) is 6.89. The van der Waals surface area contributed by atoms with Crippen molar-refractivity contribution in [1.29, 1.82) is 0 Å². The molecule has 0 aliphatic rings. The molecule has 0 fully saturated rings. The van der Waals surface area contributed by atoms with Crippen LogP contribution in [-0.4, -0.2) is 13.5 Å². The number of ether oxygens (including phenoxy) is 1. The lowest BCUT2D eigenvalue weighted by atomic mass is 10.2. The van der Waals surface area contributed by atoms with Crippen LogP contribution in [0.2, 0.25) is 24.7 Å². The minimum Gasteiger partial charge on any atom is -0.488 e. The Morgan fingerprint density at radius 3 is 2.38 bits per heavy atom. The third-order valence-corrected chi connectivity index (χ3v) is 4.97. The molecular formula is C17H19ClO2Si. The standard InChI is InChI=1S/C17H19ClO2Si/c1-21(2,3)17(19)15-11-14(18)9-10-16(15)20-12-13-7-5-4-6-8-13/h4-11H,12H2,1-3H3. The van der Waals surface area contributed by atoms with E-state index in [0.29, 0.717) is 22.9 Å². The highest BCUT2D eigenvalue weighted by molar-refractivity contribution is 7.05. The number of benzene rings is 2. The summed E-state index contributed by atoms with van der Waals surface area (Å²) in [4.78, 5) is 12.6. The van der Waals surface area contributed by atoms with Crippen LogP contribution >= 0.6 is 11.6 Å². The monoisotopic (exact) mass is 318 g/mol. The van der Waals surface area contributed by atoms with E-state index in [1.54, 1.807) is 18.2 Å². The molecule has 4 heteroatoms. The molecule has 0 radical (unpaired) electrons. The summed E-state index contributed by atoms with van der Waals surface area (Å²) < 4.78 is 5.84. The second-order valence-corrected chi connectivity index (χ2v) is 11.4. The quantitative estimate of drug-likeness (QED) is 0.727. The van der Waals surface area contributed by atoms with Gasteiger partial charge in [-0.3, -0.25) is 4.79 Å².